The molecule has 2 heterocycles. The Morgan fingerprint density at radius 1 is 1.22 bits per heavy atom. The lowest BCUT2D eigenvalue weighted by molar-refractivity contribution is -0.0502. The fourth-order valence-corrected chi connectivity index (χ4v) is 4.48. The van der Waals surface area contributed by atoms with Crippen molar-refractivity contribution in [3.8, 4) is 28.4 Å². The van der Waals surface area contributed by atoms with Crippen LogP contribution in [0.1, 0.15) is 23.2 Å². The molecule has 1 aliphatic heterocycles. The molecule has 0 unspecified atom stereocenters. The van der Waals surface area contributed by atoms with Crippen molar-refractivity contribution in [3.63, 3.8) is 0 Å². The van der Waals surface area contributed by atoms with Crippen molar-refractivity contribution in [2.75, 3.05) is 33.4 Å². The van der Waals surface area contributed by atoms with Gasteiger partial charge < -0.3 is 23.9 Å². The van der Waals surface area contributed by atoms with Crippen molar-refractivity contribution >= 4 is 16.9 Å². The van der Waals surface area contributed by atoms with Crippen LogP contribution >= 0.6 is 0 Å². The van der Waals surface area contributed by atoms with E-state index in [2.05, 4.69) is 10.1 Å². The molecule has 0 radical (unpaired) electrons. The van der Waals surface area contributed by atoms with E-state index in [0.29, 0.717) is 60.5 Å². The fourth-order valence-electron chi connectivity index (χ4n) is 4.48. The van der Waals surface area contributed by atoms with E-state index in [0.717, 1.165) is 0 Å². The highest BCUT2D eigenvalue weighted by atomic mass is 19.3. The summed E-state index contributed by atoms with van der Waals surface area (Å²) in [6.07, 6.45) is 0.217. The second-order valence-corrected chi connectivity index (χ2v) is 9.10. The number of nitrogens with one attached hydrogen (secondary N) is 1. The SMILES string of the molecule is COc1cc(-c2coc3cc(OCCN4CC[C@H](F)C4)ccc23)cc(OC(F)F)c1C(=O)N[C@@H]1C[C@@H]1F. The number of carbonyl (C=O) groups is 1. The van der Waals surface area contributed by atoms with Gasteiger partial charge in [0.15, 0.2) is 0 Å². The van der Waals surface area contributed by atoms with Gasteiger partial charge in [0.25, 0.3) is 5.91 Å². The van der Waals surface area contributed by atoms with Gasteiger partial charge in [-0.15, -0.1) is 0 Å². The molecule has 7 nitrogen and oxygen atoms in total. The summed E-state index contributed by atoms with van der Waals surface area (Å²) in [5.74, 6) is -0.598. The van der Waals surface area contributed by atoms with Crippen molar-refractivity contribution < 1.29 is 41.0 Å². The van der Waals surface area contributed by atoms with E-state index >= 15 is 0 Å². The van der Waals surface area contributed by atoms with Gasteiger partial charge in [-0.25, -0.2) is 8.78 Å². The van der Waals surface area contributed by atoms with E-state index in [4.69, 9.17) is 13.9 Å². The Morgan fingerprint density at radius 2 is 2.00 bits per heavy atom. The molecular weight excluding hydrogens is 496 g/mol. The maximum absolute atomic E-state index is 13.3. The Kier molecular flexibility index (Phi) is 7.14. The predicted molar refractivity (Wildman–Crippen MR) is 127 cm³/mol. The van der Waals surface area contributed by atoms with Crippen LogP contribution in [0.5, 0.6) is 17.2 Å². The number of carbonyl (C=O) groups excluding carboxylic acids is 1. The molecule has 1 amide bonds. The topological polar surface area (TPSA) is 73.2 Å². The minimum atomic E-state index is -3.20. The van der Waals surface area contributed by atoms with Gasteiger partial charge in [-0.1, -0.05) is 0 Å². The summed E-state index contributed by atoms with van der Waals surface area (Å²) in [4.78, 5) is 14.7. The highest BCUT2D eigenvalue weighted by molar-refractivity contribution is 6.02. The van der Waals surface area contributed by atoms with E-state index in [1.54, 1.807) is 18.2 Å². The molecule has 1 saturated heterocycles. The molecule has 2 aromatic carbocycles. The number of alkyl halides is 4. The number of halogens is 4. The Bertz CT molecular complexity index is 1280. The molecule has 1 aliphatic carbocycles. The quantitative estimate of drug-likeness (QED) is 0.379. The van der Waals surface area contributed by atoms with Crippen molar-refractivity contribution in [1.82, 2.24) is 10.2 Å². The minimum Gasteiger partial charge on any atom is -0.496 e. The zero-order valence-corrected chi connectivity index (χ0v) is 20.0. The Morgan fingerprint density at radius 3 is 2.68 bits per heavy atom. The molecule has 3 aromatic rings. The molecule has 0 bridgehead atoms. The van der Waals surface area contributed by atoms with Crippen molar-refractivity contribution in [1.29, 1.82) is 0 Å². The molecular formula is C26H26F4N2O5. The lowest BCUT2D eigenvalue weighted by atomic mass is 10.0. The minimum absolute atomic E-state index is 0.00607. The van der Waals surface area contributed by atoms with Gasteiger partial charge in [0.05, 0.1) is 19.4 Å². The zero-order valence-electron chi connectivity index (χ0n) is 20.0. The molecule has 2 fully saturated rings. The number of hydrogen-bond acceptors (Lipinski definition) is 6. The number of ether oxygens (including phenoxy) is 3. The maximum atomic E-state index is 13.3. The normalized spacial score (nSPS) is 21.4. The molecule has 37 heavy (non-hydrogen) atoms. The van der Waals surface area contributed by atoms with Gasteiger partial charge in [-0.3, -0.25) is 9.69 Å². The van der Waals surface area contributed by atoms with E-state index in [1.165, 1.54) is 25.5 Å². The summed E-state index contributed by atoms with van der Waals surface area (Å²) >= 11 is 0. The number of rotatable bonds is 10. The molecule has 1 N–H and O–H groups in total. The van der Waals surface area contributed by atoms with Crippen LogP contribution in [-0.4, -0.2) is 69.2 Å². The first-order valence-corrected chi connectivity index (χ1v) is 11.9. The highest BCUT2D eigenvalue weighted by Crippen LogP contribution is 2.40. The van der Waals surface area contributed by atoms with Gasteiger partial charge in [-0.2, -0.15) is 8.78 Å². The molecule has 5 rings (SSSR count). The smallest absolute Gasteiger partial charge is 0.387 e. The van der Waals surface area contributed by atoms with Gasteiger partial charge in [-0.05, 0) is 36.2 Å². The number of nitrogens with zero attached hydrogens (tertiary/aromatic N) is 1. The number of fused-ring (bicyclic) bond motifs is 1. The van der Waals surface area contributed by atoms with Gasteiger partial charge in [0.2, 0.25) is 0 Å². The Balaban J connectivity index is 1.39. The molecule has 2 aliphatic rings. The largest absolute Gasteiger partial charge is 0.496 e. The van der Waals surface area contributed by atoms with E-state index in [9.17, 15) is 22.4 Å². The van der Waals surface area contributed by atoms with Crippen LogP contribution in [0.15, 0.2) is 41.0 Å². The predicted octanol–water partition coefficient (Wildman–Crippen LogP) is 4.97. The standard InChI is InChI=1S/C26H26F4N2O5/c1-34-22-8-14(9-23(37-26(29)30)24(22)25(33)31-20-11-19(20)28)18-13-36-21-10-16(2-3-17(18)21)35-7-6-32-5-4-15(27)12-32/h2-3,8-10,13,15,19-20,26H,4-7,11-12H2,1H3,(H,31,33)/t15-,19-,20+/m0/s1. The summed E-state index contributed by atoms with van der Waals surface area (Å²) < 4.78 is 74.5. The molecule has 11 heteroatoms. The van der Waals surface area contributed by atoms with Crippen LogP contribution in [0.4, 0.5) is 17.6 Å². The monoisotopic (exact) mass is 522 g/mol. The van der Waals surface area contributed by atoms with Crippen LogP contribution in [-0.2, 0) is 0 Å². The van der Waals surface area contributed by atoms with E-state index < -0.39 is 36.7 Å². The van der Waals surface area contributed by atoms with Gasteiger partial charge >= 0.3 is 6.61 Å². The number of furan rings is 1. The molecule has 0 spiro atoms. The van der Waals surface area contributed by atoms with Crippen LogP contribution in [0.2, 0.25) is 0 Å². The van der Waals surface area contributed by atoms with Crippen molar-refractivity contribution in [2.24, 2.45) is 0 Å². The number of hydrogen-bond donors (Lipinski definition) is 1. The number of likely N-dealkylation sites (tertiary alicyclic amines) is 1. The maximum Gasteiger partial charge on any atom is 0.387 e. The van der Waals surface area contributed by atoms with Gasteiger partial charge in [0, 0.05) is 43.1 Å². The van der Waals surface area contributed by atoms with Crippen molar-refractivity contribution in [2.45, 2.75) is 37.8 Å². The summed E-state index contributed by atoms with van der Waals surface area (Å²) in [5.41, 5.74) is 1.23. The Hall–Kier alpha value is -3.47. The first-order valence-electron chi connectivity index (χ1n) is 11.9. The third kappa shape index (κ3) is 5.61. The molecule has 1 aromatic heterocycles. The third-order valence-electron chi connectivity index (χ3n) is 6.51. The molecule has 3 atom stereocenters. The molecule has 198 valence electrons. The third-order valence-corrected chi connectivity index (χ3v) is 6.51. The van der Waals surface area contributed by atoms with E-state index in [1.807, 2.05) is 4.90 Å². The fraction of sp³-hybridized carbons (Fsp3) is 0.423. The summed E-state index contributed by atoms with van der Waals surface area (Å²) in [6.45, 7) is -1.06. The van der Waals surface area contributed by atoms with Crippen LogP contribution < -0.4 is 19.5 Å². The van der Waals surface area contributed by atoms with Crippen LogP contribution in [0.3, 0.4) is 0 Å². The second kappa shape index (κ2) is 10.5. The summed E-state index contributed by atoms with van der Waals surface area (Å²) in [5, 5.41) is 3.14. The second-order valence-electron chi connectivity index (χ2n) is 9.10. The van der Waals surface area contributed by atoms with Gasteiger partial charge in [0.1, 0.15) is 47.3 Å². The van der Waals surface area contributed by atoms with Crippen LogP contribution in [0.25, 0.3) is 22.1 Å². The lowest BCUT2D eigenvalue weighted by Gasteiger charge is -2.16. The van der Waals surface area contributed by atoms with Crippen LogP contribution in [0, 0.1) is 0 Å². The van der Waals surface area contributed by atoms with E-state index in [-0.39, 0.29) is 17.7 Å². The summed E-state index contributed by atoms with van der Waals surface area (Å²) in [7, 11) is 1.30. The first kappa shape index (κ1) is 25.2. The average Bonchev–Trinajstić information content (AvgIpc) is 3.20. The molecule has 1 saturated carbocycles. The average molecular weight is 522 g/mol. The zero-order chi connectivity index (χ0) is 26.1. The lowest BCUT2D eigenvalue weighted by Crippen LogP contribution is -2.28. The van der Waals surface area contributed by atoms with Crippen molar-refractivity contribution in [3.05, 3.63) is 42.2 Å². The number of methoxy groups -OCH3 is 1. The Labute approximate surface area is 210 Å². The highest BCUT2D eigenvalue weighted by Gasteiger charge is 2.40. The first-order chi connectivity index (χ1) is 17.8. The number of benzene rings is 2. The summed E-state index contributed by atoms with van der Waals surface area (Å²) in [6, 6.07) is 7.37. The number of amides is 1.